The standard InChI is InChI=1S/C38H79N2O7P/c1-3-5-7-9-11-13-15-17-18-19-21-23-25-27-29-35(41)33-38(43)40-36(34-47-48(44,45)46-32-31-39)37(42)30-28-26-24-22-20-16-14-12-10-8-6-4-2/h35-37,41-42H,3-34,39H2,1-2H3,(H,40,43)(H,44,45). The first-order valence-corrected chi connectivity index (χ1v) is 21.7. The van der Waals surface area contributed by atoms with Crippen LogP contribution in [0.2, 0.25) is 0 Å². The number of hydrogen-bond acceptors (Lipinski definition) is 7. The van der Waals surface area contributed by atoms with Gasteiger partial charge in [0.2, 0.25) is 5.91 Å². The van der Waals surface area contributed by atoms with Crippen molar-refractivity contribution in [2.45, 2.75) is 218 Å². The fraction of sp³-hybridized carbons (Fsp3) is 0.974. The van der Waals surface area contributed by atoms with Crippen LogP contribution in [-0.2, 0) is 18.4 Å². The number of hydrogen-bond donors (Lipinski definition) is 5. The maximum Gasteiger partial charge on any atom is 0.472 e. The number of nitrogens with one attached hydrogen (secondary N) is 1. The van der Waals surface area contributed by atoms with Gasteiger partial charge in [-0.15, -0.1) is 0 Å². The molecule has 4 atom stereocenters. The van der Waals surface area contributed by atoms with Crippen LogP contribution in [0.15, 0.2) is 0 Å². The lowest BCUT2D eigenvalue weighted by atomic mass is 10.0. The third-order valence-electron chi connectivity index (χ3n) is 9.27. The van der Waals surface area contributed by atoms with E-state index in [-0.39, 0.29) is 26.2 Å². The average molecular weight is 707 g/mol. The van der Waals surface area contributed by atoms with Crippen LogP contribution in [0.25, 0.3) is 0 Å². The molecule has 0 aliphatic rings. The summed E-state index contributed by atoms with van der Waals surface area (Å²) in [6.45, 7) is 4.04. The quantitative estimate of drug-likeness (QED) is 0.0315. The molecule has 4 unspecified atom stereocenters. The Morgan fingerprint density at radius 1 is 0.625 bits per heavy atom. The zero-order valence-electron chi connectivity index (χ0n) is 31.4. The van der Waals surface area contributed by atoms with Gasteiger partial charge < -0.3 is 26.2 Å². The number of carbonyl (C=O) groups is 1. The summed E-state index contributed by atoms with van der Waals surface area (Å²) < 4.78 is 22.1. The summed E-state index contributed by atoms with van der Waals surface area (Å²) in [7, 11) is -4.36. The summed E-state index contributed by atoms with van der Waals surface area (Å²) in [5.74, 6) is -0.411. The number of nitrogens with two attached hydrogens (primary N) is 1. The summed E-state index contributed by atoms with van der Waals surface area (Å²) in [5, 5.41) is 24.1. The van der Waals surface area contributed by atoms with Crippen LogP contribution in [0.5, 0.6) is 0 Å². The summed E-state index contributed by atoms with van der Waals surface area (Å²) in [6.07, 6.45) is 31.4. The molecule has 0 aromatic carbocycles. The summed E-state index contributed by atoms with van der Waals surface area (Å²) in [4.78, 5) is 22.7. The summed E-state index contributed by atoms with van der Waals surface area (Å²) in [6, 6.07) is -0.889. The van der Waals surface area contributed by atoms with Gasteiger partial charge in [-0.2, -0.15) is 0 Å². The van der Waals surface area contributed by atoms with Crippen molar-refractivity contribution < 1.29 is 33.5 Å². The predicted molar refractivity (Wildman–Crippen MR) is 200 cm³/mol. The lowest BCUT2D eigenvalue weighted by Crippen LogP contribution is -2.47. The van der Waals surface area contributed by atoms with Crippen LogP contribution in [0.1, 0.15) is 200 Å². The molecule has 0 fully saturated rings. The molecule has 0 rings (SSSR count). The first-order valence-electron chi connectivity index (χ1n) is 20.2. The number of aliphatic hydroxyl groups excluding tert-OH is 2. The number of phosphoric ester groups is 1. The largest absolute Gasteiger partial charge is 0.472 e. The molecule has 0 spiro atoms. The predicted octanol–water partition coefficient (Wildman–Crippen LogP) is 9.64. The van der Waals surface area contributed by atoms with Crippen molar-refractivity contribution in [3.63, 3.8) is 0 Å². The van der Waals surface area contributed by atoms with E-state index in [1.807, 2.05) is 0 Å². The third-order valence-corrected chi connectivity index (χ3v) is 10.2. The highest BCUT2D eigenvalue weighted by Gasteiger charge is 2.28. The molecule has 1 amide bonds. The highest BCUT2D eigenvalue weighted by atomic mass is 31.2. The molecular formula is C38H79N2O7P. The highest BCUT2D eigenvalue weighted by molar-refractivity contribution is 7.47. The Labute approximate surface area is 295 Å². The maximum atomic E-state index is 12.8. The van der Waals surface area contributed by atoms with Crippen molar-refractivity contribution in [1.82, 2.24) is 5.32 Å². The van der Waals surface area contributed by atoms with Gasteiger partial charge in [0, 0.05) is 6.54 Å². The lowest BCUT2D eigenvalue weighted by molar-refractivity contribution is -0.125. The second-order valence-electron chi connectivity index (χ2n) is 14.0. The molecule has 0 aromatic heterocycles. The Hall–Kier alpha value is -0.540. The van der Waals surface area contributed by atoms with Gasteiger partial charge in [-0.3, -0.25) is 13.8 Å². The minimum Gasteiger partial charge on any atom is -0.393 e. The zero-order chi connectivity index (χ0) is 35.6. The first kappa shape index (κ1) is 47.5. The fourth-order valence-corrected chi connectivity index (χ4v) is 6.94. The van der Waals surface area contributed by atoms with Crippen molar-refractivity contribution in [2.24, 2.45) is 5.73 Å². The molecule has 288 valence electrons. The summed E-state index contributed by atoms with van der Waals surface area (Å²) in [5.41, 5.74) is 5.35. The Morgan fingerprint density at radius 3 is 1.40 bits per heavy atom. The minimum absolute atomic E-state index is 0.0624. The van der Waals surface area contributed by atoms with Crippen molar-refractivity contribution in [1.29, 1.82) is 0 Å². The molecule has 0 saturated heterocycles. The zero-order valence-corrected chi connectivity index (χ0v) is 32.3. The molecule has 0 aliphatic heterocycles. The molecule has 48 heavy (non-hydrogen) atoms. The van der Waals surface area contributed by atoms with Gasteiger partial charge in [-0.1, -0.05) is 181 Å². The Morgan fingerprint density at radius 2 is 1.00 bits per heavy atom. The Bertz CT molecular complexity index is 746. The number of rotatable bonds is 38. The van der Waals surface area contributed by atoms with Crippen molar-refractivity contribution in [2.75, 3.05) is 19.8 Å². The van der Waals surface area contributed by atoms with E-state index in [2.05, 4.69) is 19.2 Å². The maximum absolute atomic E-state index is 12.8. The normalized spacial score (nSPS) is 14.9. The Kier molecular flexibility index (Phi) is 34.5. The van der Waals surface area contributed by atoms with Gasteiger partial charge >= 0.3 is 7.82 Å². The molecule has 9 nitrogen and oxygen atoms in total. The van der Waals surface area contributed by atoms with Gasteiger partial charge in [0.15, 0.2) is 0 Å². The van der Waals surface area contributed by atoms with Crippen LogP contribution in [0, 0.1) is 0 Å². The van der Waals surface area contributed by atoms with Gasteiger partial charge in [-0.05, 0) is 12.8 Å². The van der Waals surface area contributed by atoms with Crippen molar-refractivity contribution in [3.8, 4) is 0 Å². The highest BCUT2D eigenvalue weighted by Crippen LogP contribution is 2.43. The van der Waals surface area contributed by atoms with E-state index in [1.54, 1.807) is 0 Å². The molecule has 0 heterocycles. The van der Waals surface area contributed by atoms with Crippen LogP contribution < -0.4 is 11.1 Å². The number of aliphatic hydroxyl groups is 2. The topological polar surface area (TPSA) is 151 Å². The molecule has 0 saturated carbocycles. The van der Waals surface area contributed by atoms with Gasteiger partial charge in [-0.25, -0.2) is 4.57 Å². The smallest absolute Gasteiger partial charge is 0.393 e. The Balaban J connectivity index is 4.29. The molecule has 6 N–H and O–H groups in total. The van der Waals surface area contributed by atoms with Crippen LogP contribution in [0.3, 0.4) is 0 Å². The molecule has 0 bridgehead atoms. The summed E-state index contributed by atoms with van der Waals surface area (Å²) >= 11 is 0. The molecular weight excluding hydrogens is 627 g/mol. The minimum atomic E-state index is -4.36. The lowest BCUT2D eigenvalue weighted by Gasteiger charge is -2.25. The van der Waals surface area contributed by atoms with E-state index >= 15 is 0 Å². The van der Waals surface area contributed by atoms with Gasteiger partial charge in [0.05, 0.1) is 37.9 Å². The number of phosphoric acid groups is 1. The number of amides is 1. The van der Waals surface area contributed by atoms with E-state index in [0.717, 1.165) is 38.5 Å². The number of carbonyl (C=O) groups excluding carboxylic acids is 1. The van der Waals surface area contributed by atoms with Crippen molar-refractivity contribution >= 4 is 13.7 Å². The van der Waals surface area contributed by atoms with E-state index in [9.17, 15) is 24.5 Å². The SMILES string of the molecule is CCCCCCCCCCCCCCCCC(O)CC(=O)NC(COP(=O)(O)OCCN)C(O)CCCCCCCCCCCCCC. The van der Waals surface area contributed by atoms with Gasteiger partial charge in [0.1, 0.15) is 0 Å². The van der Waals surface area contributed by atoms with E-state index in [0.29, 0.717) is 12.8 Å². The average Bonchev–Trinajstić information content (AvgIpc) is 3.06. The first-order chi connectivity index (χ1) is 23.3. The van der Waals surface area contributed by atoms with Crippen LogP contribution in [0.4, 0.5) is 0 Å². The molecule has 0 radical (unpaired) electrons. The fourth-order valence-electron chi connectivity index (χ4n) is 6.18. The number of unbranched alkanes of at least 4 members (excludes halogenated alkanes) is 24. The van der Waals surface area contributed by atoms with Gasteiger partial charge in [0.25, 0.3) is 0 Å². The van der Waals surface area contributed by atoms with Crippen LogP contribution >= 0.6 is 7.82 Å². The molecule has 0 aromatic rings. The van der Waals surface area contributed by atoms with E-state index < -0.39 is 32.0 Å². The second kappa shape index (κ2) is 34.9. The monoisotopic (exact) mass is 707 g/mol. The third kappa shape index (κ3) is 32.7. The van der Waals surface area contributed by atoms with Crippen molar-refractivity contribution in [3.05, 3.63) is 0 Å². The van der Waals surface area contributed by atoms with E-state index in [4.69, 9.17) is 14.8 Å². The molecule has 10 heteroatoms. The van der Waals surface area contributed by atoms with Crippen LogP contribution in [-0.4, -0.2) is 59.0 Å². The van der Waals surface area contributed by atoms with E-state index in [1.165, 1.54) is 128 Å². The molecule has 0 aliphatic carbocycles. The second-order valence-corrected chi connectivity index (χ2v) is 15.5.